The van der Waals surface area contributed by atoms with Crippen LogP contribution in [-0.2, 0) is 0 Å². The van der Waals surface area contributed by atoms with Crippen molar-refractivity contribution < 1.29 is 0 Å². The summed E-state index contributed by atoms with van der Waals surface area (Å²) in [6.07, 6.45) is 14.7. The van der Waals surface area contributed by atoms with Crippen LogP contribution in [0.4, 0.5) is 17.1 Å². The maximum atomic E-state index is 3.92. The van der Waals surface area contributed by atoms with E-state index in [2.05, 4.69) is 109 Å². The van der Waals surface area contributed by atoms with Crippen molar-refractivity contribution in [3.05, 3.63) is 140 Å². The van der Waals surface area contributed by atoms with Crippen LogP contribution >= 0.6 is 0 Å². The van der Waals surface area contributed by atoms with Crippen molar-refractivity contribution in [2.75, 3.05) is 4.90 Å². The minimum Gasteiger partial charge on any atom is -0.311 e. The first-order valence-electron chi connectivity index (χ1n) is 10.7. The highest BCUT2D eigenvalue weighted by atomic mass is 15.1. The zero-order valence-corrected chi connectivity index (χ0v) is 17.7. The molecule has 0 spiro atoms. The van der Waals surface area contributed by atoms with Crippen molar-refractivity contribution in [1.82, 2.24) is 0 Å². The normalized spacial score (nSPS) is 13.4. The molecule has 0 heterocycles. The monoisotopic (exact) mass is 401 g/mol. The molecule has 152 valence electrons. The molecule has 31 heavy (non-hydrogen) atoms. The molecule has 0 atom stereocenters. The Morgan fingerprint density at radius 3 is 1.97 bits per heavy atom. The van der Waals surface area contributed by atoms with Gasteiger partial charge in [-0.2, -0.15) is 0 Å². The molecular weight excluding hydrogens is 374 g/mol. The molecule has 0 fully saturated rings. The van der Waals surface area contributed by atoms with Crippen molar-refractivity contribution in [2.45, 2.75) is 12.8 Å². The summed E-state index contributed by atoms with van der Waals surface area (Å²) < 4.78 is 0. The lowest BCUT2D eigenvalue weighted by molar-refractivity contribution is 1.04. The van der Waals surface area contributed by atoms with E-state index in [1.165, 1.54) is 11.1 Å². The third-order valence-corrected chi connectivity index (χ3v) is 5.44. The predicted molar refractivity (Wildman–Crippen MR) is 136 cm³/mol. The molecule has 0 unspecified atom stereocenters. The highest BCUT2D eigenvalue weighted by molar-refractivity contribution is 5.81. The molecule has 0 saturated heterocycles. The topological polar surface area (TPSA) is 3.24 Å². The van der Waals surface area contributed by atoms with Crippen LogP contribution in [0.15, 0.2) is 128 Å². The van der Waals surface area contributed by atoms with E-state index in [1.807, 2.05) is 18.2 Å². The van der Waals surface area contributed by atoms with Crippen molar-refractivity contribution in [2.24, 2.45) is 0 Å². The van der Waals surface area contributed by atoms with Crippen LogP contribution in [-0.4, -0.2) is 0 Å². The van der Waals surface area contributed by atoms with E-state index >= 15 is 0 Å². The molecular formula is C30H27N. The standard InChI is InChI=1S/C30H27N/c1-3-11-24(4-2)26-16-20-29(21-17-26)31(28-14-9-6-10-15-28)30-22-18-27(19-23-30)25-12-7-5-8-13-25/h3-4,6-7,9-23H,1-2,5,8H2/b24-11+. The van der Waals surface area contributed by atoms with Crippen LogP contribution in [0.3, 0.4) is 0 Å². The van der Waals surface area contributed by atoms with Gasteiger partial charge in [0.2, 0.25) is 0 Å². The van der Waals surface area contributed by atoms with Gasteiger partial charge >= 0.3 is 0 Å². The van der Waals surface area contributed by atoms with Crippen LogP contribution in [0, 0.1) is 0 Å². The SMILES string of the molecule is C=C/C=C(\C=C)c1ccc(N(c2ccccc2)c2ccc(C3=CCCC=C3)cc2)cc1. The molecule has 0 radical (unpaired) electrons. The third kappa shape index (κ3) is 4.67. The fourth-order valence-corrected chi connectivity index (χ4v) is 3.87. The molecule has 0 N–H and O–H groups in total. The Morgan fingerprint density at radius 2 is 1.39 bits per heavy atom. The van der Waals surface area contributed by atoms with Gasteiger partial charge in [0.25, 0.3) is 0 Å². The summed E-state index contributed by atoms with van der Waals surface area (Å²) in [6.45, 7) is 7.72. The zero-order valence-electron chi connectivity index (χ0n) is 17.7. The molecule has 0 aliphatic heterocycles. The van der Waals surface area contributed by atoms with Gasteiger partial charge in [-0.1, -0.05) is 92.1 Å². The van der Waals surface area contributed by atoms with Crippen molar-refractivity contribution >= 4 is 28.2 Å². The van der Waals surface area contributed by atoms with Crippen molar-refractivity contribution in [3.63, 3.8) is 0 Å². The first-order chi connectivity index (χ1) is 15.3. The van der Waals surface area contributed by atoms with Gasteiger partial charge in [0.15, 0.2) is 0 Å². The van der Waals surface area contributed by atoms with Crippen LogP contribution in [0.1, 0.15) is 24.0 Å². The minimum absolute atomic E-state index is 1.06. The number of rotatable bonds is 7. The summed E-state index contributed by atoms with van der Waals surface area (Å²) in [7, 11) is 0. The summed E-state index contributed by atoms with van der Waals surface area (Å²) in [5.41, 5.74) is 8.12. The molecule has 0 saturated carbocycles. The maximum Gasteiger partial charge on any atom is 0.0462 e. The van der Waals surface area contributed by atoms with Gasteiger partial charge in [0, 0.05) is 17.1 Å². The van der Waals surface area contributed by atoms with Crippen LogP contribution in [0.2, 0.25) is 0 Å². The highest BCUT2D eigenvalue weighted by Crippen LogP contribution is 2.36. The Bertz CT molecular complexity index is 1130. The number of hydrogen-bond acceptors (Lipinski definition) is 1. The van der Waals surface area contributed by atoms with Gasteiger partial charge in [-0.05, 0) is 71.5 Å². The van der Waals surface area contributed by atoms with E-state index in [0.29, 0.717) is 0 Å². The van der Waals surface area contributed by atoms with Gasteiger partial charge in [-0.25, -0.2) is 0 Å². The number of nitrogens with zero attached hydrogens (tertiary/aromatic N) is 1. The van der Waals surface area contributed by atoms with Crippen molar-refractivity contribution in [1.29, 1.82) is 0 Å². The number of benzene rings is 3. The van der Waals surface area contributed by atoms with Crippen LogP contribution in [0.5, 0.6) is 0 Å². The lowest BCUT2D eigenvalue weighted by Gasteiger charge is -2.26. The average molecular weight is 402 g/mol. The van der Waals surface area contributed by atoms with Gasteiger partial charge in [-0.15, -0.1) is 0 Å². The second kappa shape index (κ2) is 9.77. The number of allylic oxidation sites excluding steroid dienone is 8. The molecule has 0 bridgehead atoms. The Hall–Kier alpha value is -3.84. The maximum absolute atomic E-state index is 3.92. The molecule has 1 nitrogen and oxygen atoms in total. The average Bonchev–Trinajstić information content (AvgIpc) is 2.85. The molecule has 0 amide bonds. The van der Waals surface area contributed by atoms with Crippen LogP contribution < -0.4 is 4.90 Å². The smallest absolute Gasteiger partial charge is 0.0462 e. The first-order valence-corrected chi connectivity index (χ1v) is 10.7. The Labute approximate surface area is 185 Å². The van der Waals surface area contributed by atoms with Crippen LogP contribution in [0.25, 0.3) is 11.1 Å². The molecule has 1 aliphatic carbocycles. The summed E-state index contributed by atoms with van der Waals surface area (Å²) in [6, 6.07) is 27.9. The van der Waals surface area contributed by atoms with E-state index < -0.39 is 0 Å². The molecule has 3 aromatic rings. The summed E-state index contributed by atoms with van der Waals surface area (Å²) in [4.78, 5) is 2.28. The van der Waals surface area contributed by atoms with E-state index in [-0.39, 0.29) is 0 Å². The second-order valence-corrected chi connectivity index (χ2v) is 7.47. The van der Waals surface area contributed by atoms with E-state index in [4.69, 9.17) is 0 Å². The Balaban J connectivity index is 1.71. The molecule has 3 aromatic carbocycles. The fourth-order valence-electron chi connectivity index (χ4n) is 3.87. The van der Waals surface area contributed by atoms with Crippen molar-refractivity contribution in [3.8, 4) is 0 Å². The van der Waals surface area contributed by atoms with Gasteiger partial charge in [0.1, 0.15) is 0 Å². The highest BCUT2D eigenvalue weighted by Gasteiger charge is 2.13. The fraction of sp³-hybridized carbons (Fsp3) is 0.0667. The second-order valence-electron chi connectivity index (χ2n) is 7.47. The minimum atomic E-state index is 1.06. The lowest BCUT2D eigenvalue weighted by atomic mass is 9.99. The molecule has 1 aliphatic rings. The summed E-state index contributed by atoms with van der Waals surface area (Å²) >= 11 is 0. The summed E-state index contributed by atoms with van der Waals surface area (Å²) in [5, 5.41) is 0. The van der Waals surface area contributed by atoms with Gasteiger partial charge < -0.3 is 4.90 Å². The molecule has 0 aromatic heterocycles. The van der Waals surface area contributed by atoms with E-state index in [0.717, 1.165) is 41.0 Å². The Morgan fingerprint density at radius 1 is 0.742 bits per heavy atom. The van der Waals surface area contributed by atoms with Gasteiger partial charge in [0.05, 0.1) is 0 Å². The Kier molecular flexibility index (Phi) is 6.44. The first kappa shape index (κ1) is 20.4. The zero-order chi connectivity index (χ0) is 21.5. The van der Waals surface area contributed by atoms with E-state index in [1.54, 1.807) is 6.08 Å². The quantitative estimate of drug-likeness (QED) is 0.358. The predicted octanol–water partition coefficient (Wildman–Crippen LogP) is 8.65. The number of para-hydroxylation sites is 1. The van der Waals surface area contributed by atoms with Gasteiger partial charge in [-0.3, -0.25) is 0 Å². The largest absolute Gasteiger partial charge is 0.311 e. The summed E-state index contributed by atoms with van der Waals surface area (Å²) in [5.74, 6) is 0. The third-order valence-electron chi connectivity index (χ3n) is 5.44. The molecule has 4 rings (SSSR count). The number of hydrogen-bond donors (Lipinski definition) is 0. The van der Waals surface area contributed by atoms with E-state index in [9.17, 15) is 0 Å². The molecule has 1 heteroatoms. The number of anilines is 3. The lowest BCUT2D eigenvalue weighted by Crippen LogP contribution is -2.09.